The molecule has 1 aliphatic carbocycles. The van der Waals surface area contributed by atoms with E-state index in [0.717, 1.165) is 12.1 Å². The Kier molecular flexibility index (Phi) is 8.58. The monoisotopic (exact) mass is 525 g/mol. The fraction of sp³-hybridized carbons (Fsp3) is 0.640. The summed E-state index contributed by atoms with van der Waals surface area (Å²) >= 11 is 0. The number of aromatic nitrogens is 1. The van der Waals surface area contributed by atoms with Gasteiger partial charge >= 0.3 is 12.3 Å². The Hall–Kier alpha value is -2.86. The molecule has 204 valence electrons. The topological polar surface area (TPSA) is 87.2 Å². The molecule has 1 aromatic heterocycles. The number of anilines is 1. The summed E-state index contributed by atoms with van der Waals surface area (Å²) in [5, 5.41) is 3.57. The Morgan fingerprint density at radius 3 is 2.57 bits per heavy atom. The normalized spacial score (nSPS) is 26.5. The smallest absolute Gasteiger partial charge is 0.416 e. The van der Waals surface area contributed by atoms with Gasteiger partial charge in [0.05, 0.1) is 30.7 Å². The van der Waals surface area contributed by atoms with Crippen molar-refractivity contribution in [2.24, 2.45) is 5.92 Å². The second-order valence-corrected chi connectivity index (χ2v) is 9.53. The number of methoxy groups -OCH3 is 1. The number of ether oxygens (including phenoxy) is 2. The number of hydrogen-bond donors (Lipinski definition) is 1. The van der Waals surface area contributed by atoms with Gasteiger partial charge in [-0.05, 0) is 31.9 Å². The fourth-order valence-corrected chi connectivity index (χ4v) is 5.17. The summed E-state index contributed by atoms with van der Waals surface area (Å²) in [5.41, 5.74) is -0.729. The number of alkyl halides is 3. The number of piperidine rings is 1. The SMILES string of the molecule is CCOC(=O)N1CCC(N[C@@H]2C=C[C@H](C(=O)N3CCN(c4cc(C(F)(F)F)ccn4)CC3)C2)C(OC)C1. The van der Waals surface area contributed by atoms with Crippen molar-refractivity contribution in [1.29, 1.82) is 0 Å². The number of likely N-dealkylation sites (tertiary alicyclic amines) is 1. The van der Waals surface area contributed by atoms with Crippen LogP contribution in [-0.2, 0) is 20.4 Å². The fourth-order valence-electron chi connectivity index (χ4n) is 5.17. The van der Waals surface area contributed by atoms with Crippen LogP contribution in [0.2, 0.25) is 0 Å². The van der Waals surface area contributed by atoms with Crippen molar-refractivity contribution in [2.45, 2.75) is 44.1 Å². The first kappa shape index (κ1) is 27.2. The van der Waals surface area contributed by atoms with Gasteiger partial charge < -0.3 is 29.5 Å². The molecule has 0 bridgehead atoms. The van der Waals surface area contributed by atoms with Crippen molar-refractivity contribution in [1.82, 2.24) is 20.1 Å². The van der Waals surface area contributed by atoms with E-state index in [0.29, 0.717) is 58.7 Å². The standard InChI is InChI=1S/C25H34F3N5O4/c1-3-37-24(35)33-9-7-20(21(16-33)36-2)30-19-5-4-17(14-19)23(34)32-12-10-31(11-13-32)22-15-18(6-8-29-22)25(26,27)28/h4-6,8,15,17,19-21,30H,3,7,9-14,16H2,1-2H3/t17-,19+,20?,21?/m0/s1. The van der Waals surface area contributed by atoms with Crippen LogP contribution in [0.15, 0.2) is 30.5 Å². The number of carbonyl (C=O) groups is 2. The van der Waals surface area contributed by atoms with Gasteiger partial charge in [-0.2, -0.15) is 13.2 Å². The van der Waals surface area contributed by atoms with Gasteiger partial charge in [0.2, 0.25) is 5.91 Å². The van der Waals surface area contributed by atoms with Gasteiger partial charge in [0.15, 0.2) is 0 Å². The number of nitrogens with one attached hydrogen (secondary N) is 1. The van der Waals surface area contributed by atoms with Gasteiger partial charge in [0, 0.05) is 58.1 Å². The lowest BCUT2D eigenvalue weighted by atomic mass is 9.99. The molecule has 1 N–H and O–H groups in total. The molecule has 0 spiro atoms. The minimum Gasteiger partial charge on any atom is -0.450 e. The molecule has 2 unspecified atom stereocenters. The number of piperazine rings is 1. The van der Waals surface area contributed by atoms with E-state index in [1.807, 2.05) is 12.2 Å². The second-order valence-electron chi connectivity index (χ2n) is 9.53. The van der Waals surface area contributed by atoms with Gasteiger partial charge in [-0.3, -0.25) is 4.79 Å². The Balaban J connectivity index is 1.25. The summed E-state index contributed by atoms with van der Waals surface area (Å²) in [6.45, 7) is 4.82. The van der Waals surface area contributed by atoms with E-state index < -0.39 is 11.7 Å². The van der Waals surface area contributed by atoms with Crippen LogP contribution in [0.1, 0.15) is 25.3 Å². The van der Waals surface area contributed by atoms with E-state index in [1.165, 1.54) is 6.20 Å². The summed E-state index contributed by atoms with van der Waals surface area (Å²) in [5.74, 6) is 0.0441. The van der Waals surface area contributed by atoms with Crippen molar-refractivity contribution in [3.8, 4) is 0 Å². The summed E-state index contributed by atoms with van der Waals surface area (Å²) in [7, 11) is 1.62. The Bertz CT molecular complexity index is 983. The minimum atomic E-state index is -4.42. The molecule has 3 heterocycles. The molecule has 12 heteroatoms. The van der Waals surface area contributed by atoms with Crippen LogP contribution < -0.4 is 10.2 Å². The van der Waals surface area contributed by atoms with Gasteiger partial charge in [0.1, 0.15) is 5.82 Å². The zero-order valence-corrected chi connectivity index (χ0v) is 21.1. The van der Waals surface area contributed by atoms with Crippen LogP contribution in [0, 0.1) is 5.92 Å². The van der Waals surface area contributed by atoms with Gasteiger partial charge in [0.25, 0.3) is 0 Å². The third kappa shape index (κ3) is 6.53. The molecule has 4 atom stereocenters. The van der Waals surface area contributed by atoms with Gasteiger partial charge in [-0.25, -0.2) is 9.78 Å². The van der Waals surface area contributed by atoms with Crippen LogP contribution in [0.5, 0.6) is 0 Å². The molecular formula is C25H34F3N5O4. The number of hydrogen-bond acceptors (Lipinski definition) is 7. The van der Waals surface area contributed by atoms with E-state index in [-0.39, 0.29) is 41.9 Å². The molecule has 2 saturated heterocycles. The number of carbonyl (C=O) groups excluding carboxylic acids is 2. The third-order valence-corrected chi connectivity index (χ3v) is 7.21. The predicted molar refractivity (Wildman–Crippen MR) is 130 cm³/mol. The van der Waals surface area contributed by atoms with E-state index >= 15 is 0 Å². The largest absolute Gasteiger partial charge is 0.450 e. The molecule has 0 saturated carbocycles. The molecule has 0 aromatic carbocycles. The first-order chi connectivity index (χ1) is 17.7. The first-order valence-electron chi connectivity index (χ1n) is 12.7. The maximum atomic E-state index is 13.1. The maximum Gasteiger partial charge on any atom is 0.416 e. The van der Waals surface area contributed by atoms with Crippen molar-refractivity contribution in [3.63, 3.8) is 0 Å². The molecule has 1 aromatic rings. The second kappa shape index (κ2) is 11.7. The molecule has 3 aliphatic rings. The zero-order valence-electron chi connectivity index (χ0n) is 21.1. The summed E-state index contributed by atoms with van der Waals surface area (Å²) in [6, 6.07) is 2.07. The lowest BCUT2D eigenvalue weighted by Gasteiger charge is -2.39. The highest BCUT2D eigenvalue weighted by Crippen LogP contribution is 2.31. The lowest BCUT2D eigenvalue weighted by molar-refractivity contribution is -0.137. The van der Waals surface area contributed by atoms with Crippen molar-refractivity contribution in [2.75, 3.05) is 57.9 Å². The van der Waals surface area contributed by atoms with E-state index in [2.05, 4.69) is 10.3 Å². The molecule has 0 radical (unpaired) electrons. The molecule has 9 nitrogen and oxygen atoms in total. The number of halogens is 3. The highest BCUT2D eigenvalue weighted by atomic mass is 19.4. The van der Waals surface area contributed by atoms with Gasteiger partial charge in [-0.1, -0.05) is 12.2 Å². The average molecular weight is 526 g/mol. The van der Waals surface area contributed by atoms with Crippen molar-refractivity contribution >= 4 is 17.8 Å². The highest BCUT2D eigenvalue weighted by Gasteiger charge is 2.36. The number of rotatable bonds is 6. The minimum absolute atomic E-state index is 0.0151. The molecule has 4 rings (SSSR count). The molecule has 2 fully saturated rings. The van der Waals surface area contributed by atoms with Crippen LogP contribution in [0.4, 0.5) is 23.8 Å². The van der Waals surface area contributed by atoms with Crippen LogP contribution in [0.3, 0.4) is 0 Å². The first-order valence-corrected chi connectivity index (χ1v) is 12.7. The predicted octanol–water partition coefficient (Wildman–Crippen LogP) is 2.53. The zero-order chi connectivity index (χ0) is 26.6. The number of nitrogens with zero attached hydrogens (tertiary/aromatic N) is 4. The van der Waals surface area contributed by atoms with E-state index in [1.54, 1.807) is 28.7 Å². The molecule has 2 amide bonds. The highest BCUT2D eigenvalue weighted by molar-refractivity contribution is 5.81. The average Bonchev–Trinajstić information content (AvgIpc) is 3.37. The lowest BCUT2D eigenvalue weighted by Crippen LogP contribution is -2.56. The number of amides is 2. The molecule has 37 heavy (non-hydrogen) atoms. The summed E-state index contributed by atoms with van der Waals surface area (Å²) < 4.78 is 49.8. The van der Waals surface area contributed by atoms with Crippen molar-refractivity contribution < 1.29 is 32.2 Å². The van der Waals surface area contributed by atoms with Crippen LogP contribution in [0.25, 0.3) is 0 Å². The van der Waals surface area contributed by atoms with Crippen molar-refractivity contribution in [3.05, 3.63) is 36.0 Å². The van der Waals surface area contributed by atoms with E-state index in [9.17, 15) is 22.8 Å². The Morgan fingerprint density at radius 1 is 1.14 bits per heavy atom. The number of pyridine rings is 1. The van der Waals surface area contributed by atoms with Crippen LogP contribution in [-0.4, -0.2) is 98.0 Å². The molecule has 2 aliphatic heterocycles. The Morgan fingerprint density at radius 2 is 1.89 bits per heavy atom. The summed E-state index contributed by atoms with van der Waals surface area (Å²) in [6.07, 6.45) is 1.51. The van der Waals surface area contributed by atoms with Crippen LogP contribution >= 0.6 is 0 Å². The third-order valence-electron chi connectivity index (χ3n) is 7.21. The van der Waals surface area contributed by atoms with E-state index in [4.69, 9.17) is 9.47 Å². The Labute approximate surface area is 214 Å². The molecular weight excluding hydrogens is 491 g/mol. The van der Waals surface area contributed by atoms with Gasteiger partial charge in [-0.15, -0.1) is 0 Å². The summed E-state index contributed by atoms with van der Waals surface area (Å²) in [4.78, 5) is 34.5. The quantitative estimate of drug-likeness (QED) is 0.572. The maximum absolute atomic E-state index is 13.1.